The Kier molecular flexibility index (Phi) is 6.90. The first-order valence-corrected chi connectivity index (χ1v) is 10.8. The molecule has 0 radical (unpaired) electrons. The van der Waals surface area contributed by atoms with Crippen LogP contribution in [0.2, 0.25) is 0 Å². The summed E-state index contributed by atoms with van der Waals surface area (Å²) in [5.74, 6) is 0.0902. The molecule has 0 saturated carbocycles. The molecule has 4 rings (SSSR count). The van der Waals surface area contributed by atoms with E-state index in [0.29, 0.717) is 23.5 Å². The molecule has 0 unspecified atom stereocenters. The van der Waals surface area contributed by atoms with Crippen molar-refractivity contribution in [2.45, 2.75) is 32.2 Å². The lowest BCUT2D eigenvalue weighted by Crippen LogP contribution is -2.35. The van der Waals surface area contributed by atoms with Crippen molar-refractivity contribution in [2.75, 3.05) is 31.9 Å². The largest absolute Gasteiger partial charge is 0.497 e. The van der Waals surface area contributed by atoms with Crippen LogP contribution in [0.3, 0.4) is 0 Å². The van der Waals surface area contributed by atoms with Crippen LogP contribution < -0.4 is 19.7 Å². The molecular weight excluding hydrogens is 415 g/mol. The van der Waals surface area contributed by atoms with Gasteiger partial charge in [-0.25, -0.2) is 4.39 Å². The number of ether oxygens (including phenoxy) is 3. The number of hydrogen-bond acceptors (Lipinski definition) is 6. The van der Waals surface area contributed by atoms with Gasteiger partial charge in [0.05, 0.1) is 25.3 Å². The van der Waals surface area contributed by atoms with E-state index in [4.69, 9.17) is 14.2 Å². The molecule has 0 spiro atoms. The number of fused-ring (bicyclic) bond motifs is 1. The minimum absolute atomic E-state index is 0.125. The van der Waals surface area contributed by atoms with Crippen LogP contribution in [0.1, 0.15) is 30.4 Å². The van der Waals surface area contributed by atoms with Crippen LogP contribution in [0.4, 0.5) is 10.1 Å². The summed E-state index contributed by atoms with van der Waals surface area (Å²) >= 11 is 0. The van der Waals surface area contributed by atoms with E-state index >= 15 is 0 Å². The molecule has 8 heteroatoms. The number of nitrogens with zero attached hydrogens (tertiary/aromatic N) is 1. The summed E-state index contributed by atoms with van der Waals surface area (Å²) in [6.07, 6.45) is 2.10. The number of hydrogen-bond donors (Lipinski definition) is 1. The van der Waals surface area contributed by atoms with Gasteiger partial charge in [0.15, 0.2) is 0 Å². The van der Waals surface area contributed by atoms with Gasteiger partial charge in [-0.1, -0.05) is 12.1 Å². The van der Waals surface area contributed by atoms with Gasteiger partial charge in [0, 0.05) is 12.0 Å². The van der Waals surface area contributed by atoms with Crippen LogP contribution in [-0.2, 0) is 27.3 Å². The van der Waals surface area contributed by atoms with Crippen molar-refractivity contribution >= 4 is 17.6 Å². The first kappa shape index (κ1) is 22.1. The van der Waals surface area contributed by atoms with Crippen LogP contribution >= 0.6 is 0 Å². The summed E-state index contributed by atoms with van der Waals surface area (Å²) in [5.41, 5.74) is 1.68. The van der Waals surface area contributed by atoms with Crippen LogP contribution in [0.5, 0.6) is 11.5 Å². The van der Waals surface area contributed by atoms with Crippen molar-refractivity contribution in [3.05, 3.63) is 53.3 Å². The number of nitrogens with one attached hydrogen (secondary N) is 1. The Balaban J connectivity index is 1.48. The molecule has 7 nitrogen and oxygen atoms in total. The Hall–Kier alpha value is -3.13. The average molecular weight is 442 g/mol. The minimum Gasteiger partial charge on any atom is -0.497 e. The Morgan fingerprint density at radius 2 is 1.88 bits per heavy atom. The quantitative estimate of drug-likeness (QED) is 0.524. The highest BCUT2D eigenvalue weighted by atomic mass is 19.1. The first-order valence-electron chi connectivity index (χ1n) is 10.8. The van der Waals surface area contributed by atoms with E-state index in [0.717, 1.165) is 31.5 Å². The normalized spacial score (nSPS) is 16.4. The summed E-state index contributed by atoms with van der Waals surface area (Å²) in [6.45, 7) is 1.59. The minimum atomic E-state index is -0.486. The van der Waals surface area contributed by atoms with Gasteiger partial charge in [-0.05, 0) is 62.2 Å². The van der Waals surface area contributed by atoms with Gasteiger partial charge in [0.2, 0.25) is 12.7 Å². The molecule has 2 aliphatic heterocycles. The SMILES string of the molecule is COc1ccc(CN2C(=O)CCc3c(OCOC(=O)C4CCNCC4)ccc(F)c32)cc1. The predicted molar refractivity (Wildman–Crippen MR) is 116 cm³/mol. The number of benzene rings is 2. The van der Waals surface area contributed by atoms with Gasteiger partial charge in [-0.2, -0.15) is 0 Å². The number of halogens is 1. The number of methoxy groups -OCH3 is 1. The van der Waals surface area contributed by atoms with Crippen molar-refractivity contribution in [3.8, 4) is 11.5 Å². The molecule has 32 heavy (non-hydrogen) atoms. The first-order chi connectivity index (χ1) is 15.6. The maximum atomic E-state index is 14.8. The second kappa shape index (κ2) is 9.99. The van der Waals surface area contributed by atoms with Crippen molar-refractivity contribution in [2.24, 2.45) is 5.92 Å². The zero-order chi connectivity index (χ0) is 22.5. The van der Waals surface area contributed by atoms with Crippen molar-refractivity contribution < 1.29 is 28.2 Å². The molecular formula is C24H27FN2O5. The molecule has 1 N–H and O–H groups in total. The van der Waals surface area contributed by atoms with E-state index in [1.54, 1.807) is 19.2 Å². The number of carbonyl (C=O) groups is 2. The molecule has 2 heterocycles. The fraction of sp³-hybridized carbons (Fsp3) is 0.417. The highest BCUT2D eigenvalue weighted by molar-refractivity contribution is 5.97. The third kappa shape index (κ3) is 4.85. The summed E-state index contributed by atoms with van der Waals surface area (Å²) in [7, 11) is 1.58. The Bertz CT molecular complexity index is 973. The van der Waals surface area contributed by atoms with E-state index in [2.05, 4.69) is 5.32 Å². The third-order valence-electron chi connectivity index (χ3n) is 5.94. The van der Waals surface area contributed by atoms with E-state index in [1.165, 1.54) is 17.0 Å². The lowest BCUT2D eigenvalue weighted by atomic mass is 9.98. The number of esters is 1. The predicted octanol–water partition coefficient (Wildman–Crippen LogP) is 3.19. The standard InChI is InChI=1S/C24H27FN2O5/c1-30-18-4-2-16(3-5-18)14-27-22(28)9-6-19-21(8-7-20(25)23(19)27)31-15-32-24(29)17-10-12-26-13-11-17/h2-5,7-8,17,26H,6,9-15H2,1H3. The van der Waals surface area contributed by atoms with E-state index in [9.17, 15) is 14.0 Å². The molecule has 2 aromatic carbocycles. The second-order valence-electron chi connectivity index (χ2n) is 7.95. The molecule has 0 atom stereocenters. The van der Waals surface area contributed by atoms with Crippen molar-refractivity contribution in [3.63, 3.8) is 0 Å². The topological polar surface area (TPSA) is 77.1 Å². The number of amides is 1. The molecule has 2 aromatic rings. The second-order valence-corrected chi connectivity index (χ2v) is 7.95. The van der Waals surface area contributed by atoms with Gasteiger partial charge in [0.1, 0.15) is 17.3 Å². The van der Waals surface area contributed by atoms with Gasteiger partial charge >= 0.3 is 5.97 Å². The van der Waals surface area contributed by atoms with Crippen LogP contribution in [0, 0.1) is 11.7 Å². The van der Waals surface area contributed by atoms with Gasteiger partial charge in [-0.15, -0.1) is 0 Å². The highest BCUT2D eigenvalue weighted by Gasteiger charge is 2.30. The molecule has 2 aliphatic rings. The number of carbonyl (C=O) groups excluding carboxylic acids is 2. The summed E-state index contributed by atoms with van der Waals surface area (Å²) in [4.78, 5) is 26.3. The Morgan fingerprint density at radius 1 is 1.12 bits per heavy atom. The smallest absolute Gasteiger partial charge is 0.311 e. The molecule has 0 aromatic heterocycles. The lowest BCUT2D eigenvalue weighted by Gasteiger charge is -2.31. The van der Waals surface area contributed by atoms with Gasteiger partial charge in [-0.3, -0.25) is 9.59 Å². The van der Waals surface area contributed by atoms with Crippen molar-refractivity contribution in [1.29, 1.82) is 0 Å². The van der Waals surface area contributed by atoms with Crippen LogP contribution in [-0.4, -0.2) is 38.9 Å². The monoisotopic (exact) mass is 442 g/mol. The molecule has 1 saturated heterocycles. The Morgan fingerprint density at radius 3 is 2.59 bits per heavy atom. The molecule has 0 aliphatic carbocycles. The summed E-state index contributed by atoms with van der Waals surface area (Å²) in [5, 5.41) is 3.21. The molecule has 0 bridgehead atoms. The van der Waals surface area contributed by atoms with Gasteiger partial charge in [0.25, 0.3) is 0 Å². The van der Waals surface area contributed by atoms with E-state index < -0.39 is 5.82 Å². The third-order valence-corrected chi connectivity index (χ3v) is 5.94. The maximum Gasteiger partial charge on any atom is 0.311 e. The maximum absolute atomic E-state index is 14.8. The van der Waals surface area contributed by atoms with Gasteiger partial charge < -0.3 is 24.4 Å². The fourth-order valence-electron chi connectivity index (χ4n) is 4.16. The zero-order valence-corrected chi connectivity index (χ0v) is 18.1. The number of rotatable bonds is 7. The number of piperidine rings is 1. The van der Waals surface area contributed by atoms with E-state index in [-0.39, 0.29) is 43.2 Å². The molecule has 1 fully saturated rings. The highest BCUT2D eigenvalue weighted by Crippen LogP contribution is 2.38. The molecule has 1 amide bonds. The summed E-state index contributed by atoms with van der Waals surface area (Å²) < 4.78 is 31.0. The lowest BCUT2D eigenvalue weighted by molar-refractivity contribution is -0.156. The summed E-state index contributed by atoms with van der Waals surface area (Å²) in [6, 6.07) is 10.1. The molecule has 170 valence electrons. The number of anilines is 1. The fourth-order valence-corrected chi connectivity index (χ4v) is 4.16. The average Bonchev–Trinajstić information content (AvgIpc) is 2.83. The Labute approximate surface area is 186 Å². The zero-order valence-electron chi connectivity index (χ0n) is 18.1. The van der Waals surface area contributed by atoms with E-state index in [1.807, 2.05) is 12.1 Å². The van der Waals surface area contributed by atoms with Crippen LogP contribution in [0.15, 0.2) is 36.4 Å². The van der Waals surface area contributed by atoms with Crippen molar-refractivity contribution in [1.82, 2.24) is 5.32 Å². The van der Waals surface area contributed by atoms with Crippen LogP contribution in [0.25, 0.3) is 0 Å².